The second kappa shape index (κ2) is 9.06. The summed E-state index contributed by atoms with van der Waals surface area (Å²) in [6.07, 6.45) is -4.34. The van der Waals surface area contributed by atoms with E-state index in [0.717, 1.165) is 12.1 Å². The van der Waals surface area contributed by atoms with E-state index in [2.05, 4.69) is 10.6 Å². The Morgan fingerprint density at radius 3 is 2.61 bits per heavy atom. The Bertz CT molecular complexity index is 871. The van der Waals surface area contributed by atoms with Gasteiger partial charge in [0.05, 0.1) is 17.3 Å². The van der Waals surface area contributed by atoms with E-state index in [0.29, 0.717) is 17.7 Å². The van der Waals surface area contributed by atoms with Gasteiger partial charge in [-0.05, 0) is 30.0 Å². The van der Waals surface area contributed by atoms with Crippen LogP contribution < -0.4 is 10.6 Å². The van der Waals surface area contributed by atoms with Gasteiger partial charge in [-0.1, -0.05) is 19.9 Å². The van der Waals surface area contributed by atoms with Gasteiger partial charge < -0.3 is 10.6 Å². The van der Waals surface area contributed by atoms with Gasteiger partial charge in [-0.3, -0.25) is 4.79 Å². The number of anilines is 1. The highest BCUT2D eigenvalue weighted by Crippen LogP contribution is 2.38. The van der Waals surface area contributed by atoms with Crippen LogP contribution in [0.15, 0.2) is 29.0 Å². The fraction of sp³-hybridized carbons (Fsp3) is 0.368. The first-order valence-corrected chi connectivity index (χ1v) is 9.42. The number of hydrogen-bond donors (Lipinski definition) is 2. The lowest BCUT2D eigenvalue weighted by atomic mass is 10.0. The molecule has 0 unspecified atom stereocenters. The molecule has 4 nitrogen and oxygen atoms in total. The number of nitriles is 1. The zero-order chi connectivity index (χ0) is 20.9. The van der Waals surface area contributed by atoms with Crippen molar-refractivity contribution in [2.75, 3.05) is 11.9 Å². The minimum atomic E-state index is -4.80. The van der Waals surface area contributed by atoms with Gasteiger partial charge in [0, 0.05) is 16.3 Å². The number of amides is 1. The maximum atomic E-state index is 13.6. The lowest BCUT2D eigenvalue weighted by Crippen LogP contribution is -2.40. The van der Waals surface area contributed by atoms with Crippen molar-refractivity contribution in [2.45, 2.75) is 32.5 Å². The van der Waals surface area contributed by atoms with Crippen molar-refractivity contribution in [3.05, 3.63) is 40.3 Å². The third-order valence-corrected chi connectivity index (χ3v) is 4.68. The number of nitrogens with zero attached hydrogens (tertiary/aromatic N) is 1. The third kappa shape index (κ3) is 5.45. The molecule has 2 N–H and O–H groups in total. The van der Waals surface area contributed by atoms with Crippen molar-refractivity contribution in [3.63, 3.8) is 0 Å². The largest absolute Gasteiger partial charge is 0.419 e. The van der Waals surface area contributed by atoms with E-state index in [1.165, 1.54) is 17.4 Å². The number of carbonyl (C=O) groups excluding carboxylic acids is 1. The van der Waals surface area contributed by atoms with Crippen LogP contribution in [-0.2, 0) is 11.0 Å². The van der Waals surface area contributed by atoms with Gasteiger partial charge in [-0.2, -0.15) is 18.4 Å². The lowest BCUT2D eigenvalue weighted by Gasteiger charge is -2.21. The highest BCUT2D eigenvalue weighted by Gasteiger charge is 2.34. The van der Waals surface area contributed by atoms with E-state index in [1.54, 1.807) is 10.8 Å². The van der Waals surface area contributed by atoms with Crippen LogP contribution >= 0.6 is 11.3 Å². The van der Waals surface area contributed by atoms with Gasteiger partial charge in [-0.15, -0.1) is 11.3 Å². The van der Waals surface area contributed by atoms with Crippen LogP contribution in [0.3, 0.4) is 0 Å². The van der Waals surface area contributed by atoms with Crippen molar-refractivity contribution < 1.29 is 22.4 Å². The topological polar surface area (TPSA) is 64.9 Å². The summed E-state index contributed by atoms with van der Waals surface area (Å²) in [7, 11) is 0. The van der Waals surface area contributed by atoms with E-state index >= 15 is 0 Å². The van der Waals surface area contributed by atoms with Crippen molar-refractivity contribution in [3.8, 4) is 17.2 Å². The maximum Gasteiger partial charge on any atom is 0.419 e. The van der Waals surface area contributed by atoms with Crippen LogP contribution in [0, 0.1) is 23.1 Å². The molecule has 0 saturated carbocycles. The van der Waals surface area contributed by atoms with Gasteiger partial charge in [0.15, 0.2) is 0 Å². The molecule has 1 aromatic carbocycles. The number of rotatable bonds is 7. The predicted octanol–water partition coefficient (Wildman–Crippen LogP) is 5.04. The molecule has 150 valence electrons. The molecule has 1 atom stereocenters. The molecule has 0 spiro atoms. The van der Waals surface area contributed by atoms with E-state index in [1.807, 2.05) is 19.9 Å². The molecule has 1 heterocycles. The Hall–Kier alpha value is -2.60. The second-order valence-corrected chi connectivity index (χ2v) is 7.34. The van der Waals surface area contributed by atoms with E-state index < -0.39 is 23.6 Å². The molecule has 0 aliphatic heterocycles. The minimum Gasteiger partial charge on any atom is -0.372 e. The van der Waals surface area contributed by atoms with Crippen LogP contribution in [0.4, 0.5) is 23.2 Å². The number of hydrogen-bond acceptors (Lipinski definition) is 4. The highest BCUT2D eigenvalue weighted by atomic mass is 32.1. The summed E-state index contributed by atoms with van der Waals surface area (Å²) in [5, 5.41) is 17.5. The zero-order valence-electron chi connectivity index (χ0n) is 15.2. The van der Waals surface area contributed by atoms with Gasteiger partial charge >= 0.3 is 6.18 Å². The molecule has 0 aliphatic carbocycles. The molecule has 0 fully saturated rings. The molecule has 0 saturated heterocycles. The molecule has 0 radical (unpaired) electrons. The fourth-order valence-corrected chi connectivity index (χ4v) is 3.48. The van der Waals surface area contributed by atoms with E-state index in [4.69, 9.17) is 5.26 Å². The van der Waals surface area contributed by atoms with Crippen LogP contribution in [-0.4, -0.2) is 18.5 Å². The Morgan fingerprint density at radius 2 is 2.00 bits per heavy atom. The summed E-state index contributed by atoms with van der Waals surface area (Å²) in [5.41, 5.74) is -0.231. The quantitative estimate of drug-likeness (QED) is 0.494. The van der Waals surface area contributed by atoms with E-state index in [-0.39, 0.29) is 23.9 Å². The second-order valence-electron chi connectivity index (χ2n) is 6.59. The molecule has 0 aliphatic rings. The summed E-state index contributed by atoms with van der Waals surface area (Å²) >= 11 is 1.25. The minimum absolute atomic E-state index is 0.140. The number of alkyl halides is 3. The first kappa shape index (κ1) is 21.7. The Morgan fingerprint density at radius 1 is 1.29 bits per heavy atom. The van der Waals surface area contributed by atoms with Crippen LogP contribution in [0.25, 0.3) is 11.1 Å². The molecule has 1 amide bonds. The van der Waals surface area contributed by atoms with Crippen molar-refractivity contribution in [1.29, 1.82) is 5.26 Å². The summed E-state index contributed by atoms with van der Waals surface area (Å²) < 4.78 is 52.6. The number of carbonyl (C=O) groups is 1. The standard InChI is InChI=1S/C19H19F4N3OS/c1-11(2)7-16(18(27)25-6-5-24)26-17-10-28-9-13(17)12-3-4-15(20)14(8-12)19(21,22)23/h3-4,8-11,16,26H,6-7H2,1-2H3,(H,25,27)/t16-/m0/s1. The summed E-state index contributed by atoms with van der Waals surface area (Å²) in [5.74, 6) is -1.55. The first-order valence-electron chi connectivity index (χ1n) is 8.48. The number of halogens is 4. The SMILES string of the molecule is CC(C)C[C@H](Nc1cscc1-c1ccc(F)c(C(F)(F)F)c1)C(=O)NCC#N. The van der Waals surface area contributed by atoms with Gasteiger partial charge in [0.25, 0.3) is 0 Å². The average Bonchev–Trinajstić information content (AvgIpc) is 3.06. The van der Waals surface area contributed by atoms with Crippen LogP contribution in [0.5, 0.6) is 0 Å². The Balaban J connectivity index is 2.34. The number of nitrogens with one attached hydrogen (secondary N) is 2. The first-order chi connectivity index (χ1) is 13.1. The zero-order valence-corrected chi connectivity index (χ0v) is 16.0. The monoisotopic (exact) mass is 413 g/mol. The summed E-state index contributed by atoms with van der Waals surface area (Å²) in [6.45, 7) is 3.71. The molecule has 2 rings (SSSR count). The Labute approximate surface area is 164 Å². The van der Waals surface area contributed by atoms with Gasteiger partial charge in [0.1, 0.15) is 18.4 Å². The van der Waals surface area contributed by atoms with Crippen molar-refractivity contribution >= 4 is 22.9 Å². The molecular formula is C19H19F4N3OS. The molecule has 1 aromatic heterocycles. The summed E-state index contributed by atoms with van der Waals surface area (Å²) in [6, 6.07) is 3.98. The molecule has 0 bridgehead atoms. The number of thiophene rings is 1. The number of benzene rings is 1. The van der Waals surface area contributed by atoms with Crippen LogP contribution in [0.2, 0.25) is 0 Å². The molecule has 28 heavy (non-hydrogen) atoms. The normalized spacial score (nSPS) is 12.5. The predicted molar refractivity (Wildman–Crippen MR) is 100 cm³/mol. The molecule has 9 heteroatoms. The highest BCUT2D eigenvalue weighted by molar-refractivity contribution is 7.08. The average molecular weight is 413 g/mol. The smallest absolute Gasteiger partial charge is 0.372 e. The van der Waals surface area contributed by atoms with Crippen molar-refractivity contribution in [2.24, 2.45) is 5.92 Å². The third-order valence-electron chi connectivity index (χ3n) is 3.94. The van der Waals surface area contributed by atoms with E-state index in [9.17, 15) is 22.4 Å². The maximum absolute atomic E-state index is 13.6. The lowest BCUT2D eigenvalue weighted by molar-refractivity contribution is -0.140. The fourth-order valence-electron chi connectivity index (χ4n) is 2.68. The molecule has 2 aromatic rings. The molecular weight excluding hydrogens is 394 g/mol. The summed E-state index contributed by atoms with van der Waals surface area (Å²) in [4.78, 5) is 12.3. The van der Waals surface area contributed by atoms with Crippen molar-refractivity contribution in [1.82, 2.24) is 5.32 Å². The van der Waals surface area contributed by atoms with Crippen LogP contribution in [0.1, 0.15) is 25.8 Å². The Kier molecular flexibility index (Phi) is 7.02. The van der Waals surface area contributed by atoms with Gasteiger partial charge in [0.2, 0.25) is 5.91 Å². The van der Waals surface area contributed by atoms with Gasteiger partial charge in [-0.25, -0.2) is 4.39 Å².